The third-order valence-electron chi connectivity index (χ3n) is 3.43. The molecule has 0 saturated heterocycles. The second kappa shape index (κ2) is 6.00. The molecule has 0 aliphatic carbocycles. The van der Waals surface area contributed by atoms with Gasteiger partial charge < -0.3 is 10.5 Å². The molecule has 2 aromatic carbocycles. The number of hydrogen-bond acceptors (Lipinski definition) is 2. The van der Waals surface area contributed by atoms with Gasteiger partial charge in [-0.3, -0.25) is 0 Å². The maximum absolute atomic E-state index is 6.01. The monoisotopic (exact) mass is 269 g/mol. The lowest BCUT2D eigenvalue weighted by molar-refractivity contribution is 0.473. The van der Waals surface area contributed by atoms with Crippen molar-refractivity contribution in [3.05, 3.63) is 53.6 Å². The van der Waals surface area contributed by atoms with Crippen molar-refractivity contribution >= 4 is 5.69 Å². The molecule has 0 amide bonds. The van der Waals surface area contributed by atoms with Gasteiger partial charge in [-0.2, -0.15) is 0 Å². The summed E-state index contributed by atoms with van der Waals surface area (Å²) >= 11 is 0. The maximum atomic E-state index is 6.01. The SMILES string of the molecule is CC(C)c1ccc(Oc2cc(N)ccc2C(C)C)cc1. The number of anilines is 1. The first-order valence-electron chi connectivity index (χ1n) is 7.14. The summed E-state index contributed by atoms with van der Waals surface area (Å²) in [6.45, 7) is 8.68. The Balaban J connectivity index is 2.27. The van der Waals surface area contributed by atoms with Gasteiger partial charge in [0, 0.05) is 11.8 Å². The first kappa shape index (κ1) is 14.4. The van der Waals surface area contributed by atoms with Crippen LogP contribution in [0.4, 0.5) is 5.69 Å². The molecular formula is C18H23NO. The molecule has 0 aliphatic heterocycles. The number of nitrogens with two attached hydrogens (primary N) is 1. The molecule has 0 aromatic heterocycles. The van der Waals surface area contributed by atoms with Crippen LogP contribution in [0.1, 0.15) is 50.7 Å². The maximum Gasteiger partial charge on any atom is 0.132 e. The van der Waals surface area contributed by atoms with Crippen molar-refractivity contribution in [1.82, 2.24) is 0 Å². The van der Waals surface area contributed by atoms with Crippen LogP contribution in [0, 0.1) is 0 Å². The van der Waals surface area contributed by atoms with E-state index in [2.05, 4.69) is 39.8 Å². The molecule has 106 valence electrons. The molecule has 0 bridgehead atoms. The van der Waals surface area contributed by atoms with Crippen LogP contribution >= 0.6 is 0 Å². The lowest BCUT2D eigenvalue weighted by atomic mass is 10.0. The molecule has 20 heavy (non-hydrogen) atoms. The summed E-state index contributed by atoms with van der Waals surface area (Å²) in [5.74, 6) is 2.63. The second-order valence-corrected chi connectivity index (χ2v) is 5.78. The third-order valence-corrected chi connectivity index (χ3v) is 3.43. The van der Waals surface area contributed by atoms with Crippen LogP contribution < -0.4 is 10.5 Å². The molecule has 2 heteroatoms. The molecule has 0 spiro atoms. The highest BCUT2D eigenvalue weighted by atomic mass is 16.5. The predicted octanol–water partition coefficient (Wildman–Crippen LogP) is 5.31. The van der Waals surface area contributed by atoms with Crippen LogP contribution in [0.15, 0.2) is 42.5 Å². The van der Waals surface area contributed by atoms with E-state index in [-0.39, 0.29) is 0 Å². The zero-order valence-electron chi connectivity index (χ0n) is 12.7. The highest BCUT2D eigenvalue weighted by molar-refractivity contribution is 5.51. The molecule has 0 heterocycles. The van der Waals surface area contributed by atoms with Gasteiger partial charge >= 0.3 is 0 Å². The number of hydrogen-bond donors (Lipinski definition) is 1. The van der Waals surface area contributed by atoms with E-state index >= 15 is 0 Å². The minimum atomic E-state index is 0.403. The Morgan fingerprint density at radius 2 is 1.50 bits per heavy atom. The Labute approximate surface area is 121 Å². The minimum absolute atomic E-state index is 0.403. The van der Waals surface area contributed by atoms with E-state index in [9.17, 15) is 0 Å². The van der Waals surface area contributed by atoms with Crippen molar-refractivity contribution < 1.29 is 4.74 Å². The summed E-state index contributed by atoms with van der Waals surface area (Å²) in [4.78, 5) is 0. The van der Waals surface area contributed by atoms with Gasteiger partial charge in [-0.1, -0.05) is 45.9 Å². The molecule has 0 atom stereocenters. The van der Waals surface area contributed by atoms with Crippen LogP contribution in [0.2, 0.25) is 0 Å². The van der Waals surface area contributed by atoms with Crippen molar-refractivity contribution in [2.24, 2.45) is 0 Å². The molecular weight excluding hydrogens is 246 g/mol. The van der Waals surface area contributed by atoms with Crippen LogP contribution in [0.3, 0.4) is 0 Å². The van der Waals surface area contributed by atoms with Crippen molar-refractivity contribution in [1.29, 1.82) is 0 Å². The van der Waals surface area contributed by atoms with Crippen LogP contribution in [0.5, 0.6) is 11.5 Å². The molecule has 0 radical (unpaired) electrons. The van der Waals surface area contributed by atoms with Crippen LogP contribution in [0.25, 0.3) is 0 Å². The Hall–Kier alpha value is -1.96. The normalized spacial score (nSPS) is 11.1. The zero-order valence-corrected chi connectivity index (χ0v) is 12.7. The van der Waals surface area contributed by atoms with Crippen molar-refractivity contribution in [3.63, 3.8) is 0 Å². The smallest absolute Gasteiger partial charge is 0.132 e. The molecule has 0 aliphatic rings. The summed E-state index contributed by atoms with van der Waals surface area (Å²) < 4.78 is 6.01. The van der Waals surface area contributed by atoms with Crippen molar-refractivity contribution in [3.8, 4) is 11.5 Å². The largest absolute Gasteiger partial charge is 0.457 e. The molecule has 2 nitrogen and oxygen atoms in total. The first-order chi connectivity index (χ1) is 9.47. The van der Waals surface area contributed by atoms with Gasteiger partial charge in [0.25, 0.3) is 0 Å². The van der Waals surface area contributed by atoms with E-state index in [1.54, 1.807) is 0 Å². The van der Waals surface area contributed by atoms with Gasteiger partial charge in [-0.15, -0.1) is 0 Å². The van der Waals surface area contributed by atoms with E-state index < -0.39 is 0 Å². The second-order valence-electron chi connectivity index (χ2n) is 5.78. The molecule has 0 unspecified atom stereocenters. The van der Waals surface area contributed by atoms with E-state index in [0.717, 1.165) is 17.2 Å². The third kappa shape index (κ3) is 3.32. The lowest BCUT2D eigenvalue weighted by Gasteiger charge is -2.15. The highest BCUT2D eigenvalue weighted by Crippen LogP contribution is 2.32. The van der Waals surface area contributed by atoms with Crippen LogP contribution in [-0.4, -0.2) is 0 Å². The summed E-state index contributed by atoms with van der Waals surface area (Å²) in [5, 5.41) is 0. The van der Waals surface area contributed by atoms with E-state index in [1.165, 1.54) is 11.1 Å². The number of ether oxygens (including phenoxy) is 1. The zero-order chi connectivity index (χ0) is 14.7. The van der Waals surface area contributed by atoms with E-state index in [4.69, 9.17) is 10.5 Å². The lowest BCUT2D eigenvalue weighted by Crippen LogP contribution is -1.96. The van der Waals surface area contributed by atoms with Gasteiger partial charge in [0.1, 0.15) is 11.5 Å². The predicted molar refractivity (Wildman–Crippen MR) is 85.5 cm³/mol. The topological polar surface area (TPSA) is 35.2 Å². The standard InChI is InChI=1S/C18H23NO/c1-12(2)14-5-8-16(9-6-14)20-18-11-15(19)7-10-17(18)13(3)4/h5-13H,19H2,1-4H3. The van der Waals surface area contributed by atoms with Crippen molar-refractivity contribution in [2.45, 2.75) is 39.5 Å². The fraction of sp³-hybridized carbons (Fsp3) is 0.333. The Kier molecular flexibility index (Phi) is 4.33. The van der Waals surface area contributed by atoms with Crippen molar-refractivity contribution in [2.75, 3.05) is 5.73 Å². The average Bonchev–Trinajstić information content (AvgIpc) is 2.39. The summed E-state index contributed by atoms with van der Waals surface area (Å²) in [5.41, 5.74) is 9.08. The minimum Gasteiger partial charge on any atom is -0.457 e. The van der Waals surface area contributed by atoms with Gasteiger partial charge in [-0.25, -0.2) is 0 Å². The quantitative estimate of drug-likeness (QED) is 0.763. The van der Waals surface area contributed by atoms with E-state index in [1.807, 2.05) is 30.3 Å². The fourth-order valence-electron chi connectivity index (χ4n) is 2.16. The molecule has 2 rings (SSSR count). The number of benzene rings is 2. The molecule has 2 N–H and O–H groups in total. The summed E-state index contributed by atoms with van der Waals surface area (Å²) in [7, 11) is 0. The van der Waals surface area contributed by atoms with Gasteiger partial charge in [0.2, 0.25) is 0 Å². The highest BCUT2D eigenvalue weighted by Gasteiger charge is 2.09. The van der Waals surface area contributed by atoms with Gasteiger partial charge in [-0.05, 0) is 41.2 Å². The fourth-order valence-corrected chi connectivity index (χ4v) is 2.16. The number of nitrogen functional groups attached to an aromatic ring is 1. The van der Waals surface area contributed by atoms with Gasteiger partial charge in [0.15, 0.2) is 0 Å². The summed E-state index contributed by atoms with van der Waals surface area (Å²) in [6.07, 6.45) is 0. The molecule has 0 saturated carbocycles. The Morgan fingerprint density at radius 3 is 2.05 bits per heavy atom. The average molecular weight is 269 g/mol. The van der Waals surface area contributed by atoms with Crippen LogP contribution in [-0.2, 0) is 0 Å². The Bertz CT molecular complexity index is 570. The van der Waals surface area contributed by atoms with E-state index in [0.29, 0.717) is 11.8 Å². The Morgan fingerprint density at radius 1 is 0.850 bits per heavy atom. The molecule has 0 fully saturated rings. The summed E-state index contributed by atoms with van der Waals surface area (Å²) in [6, 6.07) is 14.1. The molecule has 2 aromatic rings. The van der Waals surface area contributed by atoms with Gasteiger partial charge in [0.05, 0.1) is 0 Å². The first-order valence-corrected chi connectivity index (χ1v) is 7.14. The number of rotatable bonds is 4.